The van der Waals surface area contributed by atoms with Crippen molar-refractivity contribution in [3.05, 3.63) is 70.4 Å². The molecule has 0 saturated heterocycles. The van der Waals surface area contributed by atoms with Gasteiger partial charge in [0.2, 0.25) is 0 Å². The Hall–Kier alpha value is -1.91. The summed E-state index contributed by atoms with van der Waals surface area (Å²) in [6, 6.07) is 13.9. The second-order valence-corrected chi connectivity index (χ2v) is 8.16. The molecule has 4 heteroatoms. The van der Waals surface area contributed by atoms with Crippen LogP contribution in [-0.2, 0) is 16.1 Å². The third-order valence-corrected chi connectivity index (χ3v) is 6.45. The van der Waals surface area contributed by atoms with Crippen LogP contribution in [0.2, 0.25) is 0 Å². The predicted molar refractivity (Wildman–Crippen MR) is 110 cm³/mol. The molecule has 1 aromatic heterocycles. The summed E-state index contributed by atoms with van der Waals surface area (Å²) >= 11 is 1.61. The predicted octanol–water partition coefficient (Wildman–Crippen LogP) is 6.03. The number of carboxylic acids is 1. The van der Waals surface area contributed by atoms with Crippen molar-refractivity contribution in [1.29, 1.82) is 0 Å². The van der Waals surface area contributed by atoms with Crippen LogP contribution >= 0.6 is 11.3 Å². The molecule has 1 heterocycles. The fourth-order valence-electron chi connectivity index (χ4n) is 4.15. The number of carbonyl (C=O) groups is 1. The van der Waals surface area contributed by atoms with Crippen LogP contribution in [0.25, 0.3) is 0 Å². The Morgan fingerprint density at radius 3 is 2.59 bits per heavy atom. The Labute approximate surface area is 165 Å². The van der Waals surface area contributed by atoms with Crippen LogP contribution in [-0.4, -0.2) is 16.7 Å². The van der Waals surface area contributed by atoms with Gasteiger partial charge in [-0.05, 0) is 42.2 Å². The van der Waals surface area contributed by atoms with Gasteiger partial charge in [0.05, 0.1) is 12.5 Å². The maximum Gasteiger partial charge on any atom is 0.337 e. The van der Waals surface area contributed by atoms with E-state index in [9.17, 15) is 9.90 Å². The Bertz CT molecular complexity index is 732. The van der Waals surface area contributed by atoms with Crippen LogP contribution in [0.3, 0.4) is 0 Å². The number of hydrogen-bond donors (Lipinski definition) is 1. The minimum atomic E-state index is -1.23. The molecule has 1 fully saturated rings. The normalized spacial score (nSPS) is 18.6. The van der Waals surface area contributed by atoms with Crippen LogP contribution in [0.15, 0.2) is 60.0 Å². The van der Waals surface area contributed by atoms with E-state index in [4.69, 9.17) is 4.74 Å². The van der Waals surface area contributed by atoms with E-state index in [1.165, 1.54) is 0 Å². The van der Waals surface area contributed by atoms with Crippen molar-refractivity contribution >= 4 is 17.3 Å². The average molecular weight is 385 g/mol. The highest BCUT2D eigenvalue weighted by molar-refractivity contribution is 7.10. The standard InChI is InChI=1S/C23H28O3S/c1-2-3-14-20(21-15-9-16-27-21)23(22(24)25,19-12-7-8-13-19)26-17-18-10-5-4-6-11-18/h3-6,9-11,14-16,19-20H,2,7-8,12-13,17H2,1H3,(H,24,25). The van der Waals surface area contributed by atoms with E-state index in [2.05, 4.69) is 19.1 Å². The Morgan fingerprint density at radius 2 is 2.00 bits per heavy atom. The molecule has 144 valence electrons. The number of hydrogen-bond acceptors (Lipinski definition) is 3. The Kier molecular flexibility index (Phi) is 6.86. The lowest BCUT2D eigenvalue weighted by molar-refractivity contribution is -0.180. The molecule has 2 unspecified atom stereocenters. The molecule has 1 N–H and O–H groups in total. The summed E-state index contributed by atoms with van der Waals surface area (Å²) in [5.41, 5.74) is -0.228. The lowest BCUT2D eigenvalue weighted by Gasteiger charge is -2.40. The number of allylic oxidation sites excluding steroid dienone is 1. The van der Waals surface area contributed by atoms with Crippen molar-refractivity contribution in [2.75, 3.05) is 0 Å². The third-order valence-electron chi connectivity index (χ3n) is 5.49. The fraction of sp³-hybridized carbons (Fsp3) is 0.435. The molecule has 3 rings (SSSR count). The van der Waals surface area contributed by atoms with E-state index < -0.39 is 11.6 Å². The van der Waals surface area contributed by atoms with Crippen molar-refractivity contribution in [3.8, 4) is 0 Å². The lowest BCUT2D eigenvalue weighted by Crippen LogP contribution is -2.51. The molecular formula is C23H28O3S. The Morgan fingerprint density at radius 1 is 1.26 bits per heavy atom. The highest BCUT2D eigenvalue weighted by Gasteiger charge is 2.53. The van der Waals surface area contributed by atoms with Gasteiger partial charge in [0.15, 0.2) is 5.60 Å². The first kappa shape index (κ1) is 19.8. The number of carboxylic acid groups (broad SMARTS) is 1. The van der Waals surface area contributed by atoms with Crippen molar-refractivity contribution < 1.29 is 14.6 Å². The SMILES string of the molecule is CCC=CC(c1cccs1)C(OCc1ccccc1)(C(=O)O)C1CCCC1. The van der Waals surface area contributed by atoms with Gasteiger partial charge in [-0.15, -0.1) is 11.3 Å². The largest absolute Gasteiger partial charge is 0.479 e. The molecule has 27 heavy (non-hydrogen) atoms. The molecule has 0 amide bonds. The number of benzene rings is 1. The van der Waals surface area contributed by atoms with Crippen molar-refractivity contribution in [1.82, 2.24) is 0 Å². The summed E-state index contributed by atoms with van der Waals surface area (Å²) in [6.07, 6.45) is 8.96. The molecule has 1 aliphatic rings. The van der Waals surface area contributed by atoms with E-state index >= 15 is 0 Å². The van der Waals surface area contributed by atoms with Gasteiger partial charge < -0.3 is 9.84 Å². The highest BCUT2D eigenvalue weighted by Crippen LogP contribution is 2.47. The smallest absolute Gasteiger partial charge is 0.337 e. The number of thiophene rings is 1. The summed E-state index contributed by atoms with van der Waals surface area (Å²) in [6.45, 7) is 2.39. The van der Waals surface area contributed by atoms with Gasteiger partial charge in [0, 0.05) is 4.88 Å². The first-order valence-electron chi connectivity index (χ1n) is 9.79. The first-order valence-corrected chi connectivity index (χ1v) is 10.7. The van der Waals surface area contributed by atoms with E-state index in [-0.39, 0.29) is 11.8 Å². The molecule has 1 saturated carbocycles. The van der Waals surface area contributed by atoms with Gasteiger partial charge in [0.25, 0.3) is 0 Å². The van der Waals surface area contributed by atoms with E-state index in [0.29, 0.717) is 6.61 Å². The second-order valence-electron chi connectivity index (χ2n) is 7.18. The van der Waals surface area contributed by atoms with Gasteiger partial charge in [-0.1, -0.05) is 68.3 Å². The summed E-state index contributed by atoms with van der Waals surface area (Å²) in [4.78, 5) is 13.8. The van der Waals surface area contributed by atoms with Crippen molar-refractivity contribution in [2.24, 2.45) is 5.92 Å². The zero-order chi connectivity index (χ0) is 19.1. The maximum atomic E-state index is 12.8. The van der Waals surface area contributed by atoms with Crippen LogP contribution < -0.4 is 0 Å². The maximum absolute atomic E-state index is 12.8. The molecule has 2 aromatic rings. The minimum absolute atomic E-state index is 0.0207. The monoisotopic (exact) mass is 384 g/mol. The average Bonchev–Trinajstić information content (AvgIpc) is 3.39. The van der Waals surface area contributed by atoms with E-state index in [0.717, 1.165) is 42.5 Å². The molecule has 0 radical (unpaired) electrons. The topological polar surface area (TPSA) is 46.5 Å². The number of ether oxygens (including phenoxy) is 1. The molecule has 0 spiro atoms. The van der Waals surface area contributed by atoms with Crippen LogP contribution in [0.5, 0.6) is 0 Å². The summed E-state index contributed by atoms with van der Waals surface area (Å²) < 4.78 is 6.40. The molecule has 3 nitrogen and oxygen atoms in total. The summed E-state index contributed by atoms with van der Waals surface area (Å²) in [5, 5.41) is 12.5. The highest BCUT2D eigenvalue weighted by atomic mass is 32.1. The molecule has 1 aliphatic carbocycles. The number of aliphatic carboxylic acids is 1. The van der Waals surface area contributed by atoms with Gasteiger partial charge >= 0.3 is 5.97 Å². The van der Waals surface area contributed by atoms with Crippen molar-refractivity contribution in [2.45, 2.75) is 57.2 Å². The molecule has 0 aliphatic heterocycles. The quantitative estimate of drug-likeness (QED) is 0.537. The number of rotatable bonds is 9. The molecule has 0 bridgehead atoms. The van der Waals surface area contributed by atoms with E-state index in [1.54, 1.807) is 11.3 Å². The lowest BCUT2D eigenvalue weighted by atomic mass is 9.74. The van der Waals surface area contributed by atoms with E-state index in [1.807, 2.05) is 47.8 Å². The zero-order valence-electron chi connectivity index (χ0n) is 15.8. The second kappa shape index (κ2) is 9.34. The van der Waals surface area contributed by atoms with Crippen molar-refractivity contribution in [3.63, 3.8) is 0 Å². The van der Waals surface area contributed by atoms with Gasteiger partial charge in [-0.3, -0.25) is 0 Å². The summed E-state index contributed by atoms with van der Waals surface area (Å²) in [5.74, 6) is -1.10. The fourth-order valence-corrected chi connectivity index (χ4v) is 5.02. The van der Waals surface area contributed by atoms with Gasteiger partial charge in [0.1, 0.15) is 0 Å². The molecular weight excluding hydrogens is 356 g/mol. The minimum Gasteiger partial charge on any atom is -0.479 e. The molecule has 2 atom stereocenters. The molecule has 1 aromatic carbocycles. The van der Waals surface area contributed by atoms with Crippen LogP contribution in [0.4, 0.5) is 0 Å². The third kappa shape index (κ3) is 4.33. The van der Waals surface area contributed by atoms with Gasteiger partial charge in [-0.25, -0.2) is 4.79 Å². The first-order chi connectivity index (χ1) is 13.2. The van der Waals surface area contributed by atoms with Crippen LogP contribution in [0.1, 0.15) is 55.4 Å². The Balaban J connectivity index is 2.02. The van der Waals surface area contributed by atoms with Gasteiger partial charge in [-0.2, -0.15) is 0 Å². The van der Waals surface area contributed by atoms with Crippen LogP contribution in [0, 0.1) is 5.92 Å². The zero-order valence-corrected chi connectivity index (χ0v) is 16.7. The summed E-state index contributed by atoms with van der Waals surface area (Å²) in [7, 11) is 0.